The van der Waals surface area contributed by atoms with Crippen molar-refractivity contribution >= 4 is 82.8 Å². The van der Waals surface area contributed by atoms with Gasteiger partial charge in [0.15, 0.2) is 0 Å². The average Bonchev–Trinajstić information content (AvgIpc) is 4.07. The van der Waals surface area contributed by atoms with Crippen molar-refractivity contribution < 1.29 is 83.1 Å². The molecule has 1 saturated heterocycles. The van der Waals surface area contributed by atoms with Crippen LogP contribution in [0.3, 0.4) is 0 Å². The maximum Gasteiger partial charge on any atom is 0.326 e. The van der Waals surface area contributed by atoms with Crippen molar-refractivity contribution in [3.63, 3.8) is 0 Å². The molecule has 0 radical (unpaired) electrons. The number of rotatable bonds is 43. The number of nitrogens with one attached hydrogen (secondary N) is 8. The molecule has 11 atom stereocenters. The molecular weight excluding hydrogens is 1100 g/mol. The first kappa shape index (κ1) is 73.8. The lowest BCUT2D eigenvalue weighted by molar-refractivity contribution is -0.143. The standard InChI is InChI=1S/C51H91N13O17S/c1-28(2)26-36(51(80)81)62-44(73)32(14-7-10-23-54)56-42(71)30(12-5-8-21-52)57-45(74)33(16-18-39(67)68)59-47(76)35(20-25-82-4)60-43(72)31(13-6-9-22-53)58-46(75)34(17-19-40(69)70)61-48(77)38-15-11-24-64(38)50(79)37(27-65)63-49(78)41(55)29(3)66/h28-38,41,65-66H,5-27,52-55H2,1-4H3,(H,56,71)(H,57,74)(H,58,75)(H,59,76)(H,60,72)(H,61,77)(H,62,73)(H,63,78)(H,67,68)(H,69,70)(H,80,81)/t29-,30+,31+,32+,33+,34+,35+,36+,37+,38+,41+/m1/s1. The van der Waals surface area contributed by atoms with Gasteiger partial charge in [0.2, 0.25) is 53.2 Å². The molecule has 1 aliphatic heterocycles. The zero-order chi connectivity index (χ0) is 62.1. The maximum atomic E-state index is 14.3. The number of carbonyl (C=O) groups is 12. The van der Waals surface area contributed by atoms with Gasteiger partial charge in [-0.05, 0) is 141 Å². The highest BCUT2D eigenvalue weighted by molar-refractivity contribution is 7.98. The van der Waals surface area contributed by atoms with Crippen LogP contribution in [0.5, 0.6) is 0 Å². The molecule has 0 aliphatic carbocycles. The van der Waals surface area contributed by atoms with Crippen LogP contribution in [0.1, 0.15) is 130 Å². The van der Waals surface area contributed by atoms with E-state index in [4.69, 9.17) is 22.9 Å². The lowest BCUT2D eigenvalue weighted by Gasteiger charge is -2.30. The van der Waals surface area contributed by atoms with E-state index in [0.717, 1.165) is 4.90 Å². The van der Waals surface area contributed by atoms with Gasteiger partial charge in [-0.25, -0.2) is 4.79 Å². The number of aliphatic carboxylic acids is 3. The quantitative estimate of drug-likeness (QED) is 0.0256. The first-order valence-electron chi connectivity index (χ1n) is 27.8. The minimum atomic E-state index is -1.63. The summed E-state index contributed by atoms with van der Waals surface area (Å²) in [5.41, 5.74) is 22.8. The molecule has 0 bridgehead atoms. The maximum absolute atomic E-state index is 14.3. The molecule has 0 aromatic carbocycles. The summed E-state index contributed by atoms with van der Waals surface area (Å²) >= 11 is 1.28. The third-order valence-electron chi connectivity index (χ3n) is 13.3. The van der Waals surface area contributed by atoms with Gasteiger partial charge in [-0.2, -0.15) is 11.8 Å². The summed E-state index contributed by atoms with van der Waals surface area (Å²) in [6.45, 7) is 4.51. The van der Waals surface area contributed by atoms with E-state index < -0.39 is 170 Å². The third kappa shape index (κ3) is 27.7. The number of aliphatic hydroxyl groups excluding tert-OH is 2. The van der Waals surface area contributed by atoms with Gasteiger partial charge in [-0.15, -0.1) is 0 Å². The number of carboxylic acid groups (broad SMARTS) is 3. The van der Waals surface area contributed by atoms with E-state index in [1.807, 2.05) is 0 Å². The Labute approximate surface area is 482 Å². The van der Waals surface area contributed by atoms with Crippen LogP contribution in [0, 0.1) is 5.92 Å². The summed E-state index contributed by atoms with van der Waals surface area (Å²) in [5.74, 6) is -12.2. The van der Waals surface area contributed by atoms with Crippen molar-refractivity contribution in [2.45, 2.75) is 196 Å². The van der Waals surface area contributed by atoms with Gasteiger partial charge >= 0.3 is 17.9 Å². The highest BCUT2D eigenvalue weighted by Crippen LogP contribution is 2.20. The molecule has 31 heteroatoms. The topological polar surface area (TPSA) is 510 Å². The van der Waals surface area contributed by atoms with Crippen molar-refractivity contribution in [2.24, 2.45) is 28.9 Å². The second kappa shape index (κ2) is 40.1. The summed E-state index contributed by atoms with van der Waals surface area (Å²) in [5, 5.41) is 68.8. The smallest absolute Gasteiger partial charge is 0.326 e. The van der Waals surface area contributed by atoms with Gasteiger partial charge in [-0.3, -0.25) is 52.7 Å². The molecule has 1 rings (SSSR count). The SMILES string of the molecule is CSCC[C@H](NC(=O)[C@H](CCCCN)NC(=O)[C@H](CCC(=O)O)NC(=O)[C@@H]1CCCN1C(=O)[C@H](CO)NC(=O)[C@@H](N)[C@@H](C)O)C(=O)N[C@@H](CCC(=O)O)C(=O)N[C@@H](CCCCN)C(=O)N[C@@H](CCCCN)C(=O)N[C@@H](CC(C)C)C(=O)O. The lowest BCUT2D eigenvalue weighted by Crippen LogP contribution is -2.60. The highest BCUT2D eigenvalue weighted by Gasteiger charge is 2.40. The summed E-state index contributed by atoms with van der Waals surface area (Å²) in [4.78, 5) is 161. The van der Waals surface area contributed by atoms with Crippen LogP contribution >= 0.6 is 11.8 Å². The van der Waals surface area contributed by atoms with Crippen LogP contribution < -0.4 is 65.5 Å². The summed E-state index contributed by atoms with van der Waals surface area (Å²) in [6, 6.07) is -14.4. The Balaban J connectivity index is 3.55. The van der Waals surface area contributed by atoms with Crippen molar-refractivity contribution in [3.8, 4) is 0 Å². The molecule has 468 valence electrons. The Hall–Kier alpha value is -6.25. The van der Waals surface area contributed by atoms with Crippen LogP contribution in [0.15, 0.2) is 0 Å². The molecule has 9 amide bonds. The third-order valence-corrected chi connectivity index (χ3v) is 14.0. The Morgan fingerprint density at radius 2 is 0.890 bits per heavy atom. The van der Waals surface area contributed by atoms with E-state index in [1.54, 1.807) is 20.1 Å². The van der Waals surface area contributed by atoms with Crippen LogP contribution in [0.25, 0.3) is 0 Å². The molecule has 0 aromatic heterocycles. The van der Waals surface area contributed by atoms with E-state index in [2.05, 4.69) is 42.5 Å². The number of nitrogens with two attached hydrogens (primary N) is 4. The predicted octanol–water partition coefficient (Wildman–Crippen LogP) is -4.44. The van der Waals surface area contributed by atoms with Crippen molar-refractivity contribution in [1.29, 1.82) is 0 Å². The number of nitrogens with zero attached hydrogens (tertiary/aromatic N) is 1. The van der Waals surface area contributed by atoms with E-state index >= 15 is 0 Å². The first-order chi connectivity index (χ1) is 38.8. The Kier molecular flexibility index (Phi) is 36.0. The van der Waals surface area contributed by atoms with Gasteiger partial charge < -0.3 is 95.9 Å². The number of thioether (sulfide) groups is 1. The molecule has 0 spiro atoms. The second-order valence-corrected chi connectivity index (χ2v) is 21.6. The van der Waals surface area contributed by atoms with E-state index in [-0.39, 0.29) is 95.6 Å². The van der Waals surface area contributed by atoms with E-state index in [1.165, 1.54) is 18.7 Å². The van der Waals surface area contributed by atoms with Crippen LogP contribution in [0.4, 0.5) is 0 Å². The summed E-state index contributed by atoms with van der Waals surface area (Å²) < 4.78 is 0. The number of carboxylic acids is 3. The zero-order valence-electron chi connectivity index (χ0n) is 47.5. The number of amides is 9. The van der Waals surface area contributed by atoms with Crippen LogP contribution in [-0.4, -0.2) is 213 Å². The van der Waals surface area contributed by atoms with Gasteiger partial charge in [0.1, 0.15) is 60.4 Å². The van der Waals surface area contributed by atoms with Crippen LogP contribution in [0.2, 0.25) is 0 Å². The monoisotopic (exact) mass is 1190 g/mol. The molecule has 0 unspecified atom stereocenters. The number of likely N-dealkylation sites (tertiary alicyclic amines) is 1. The average molecular weight is 1190 g/mol. The number of hydrogen-bond donors (Lipinski definition) is 17. The predicted molar refractivity (Wildman–Crippen MR) is 299 cm³/mol. The van der Waals surface area contributed by atoms with Gasteiger partial charge in [0.05, 0.1) is 12.7 Å². The molecule has 1 aliphatic rings. The largest absolute Gasteiger partial charge is 0.481 e. The molecule has 0 saturated carbocycles. The number of aliphatic hydroxyl groups is 2. The minimum absolute atomic E-state index is 0.0137. The Morgan fingerprint density at radius 3 is 1.23 bits per heavy atom. The van der Waals surface area contributed by atoms with Gasteiger partial charge in [-0.1, -0.05) is 13.8 Å². The minimum Gasteiger partial charge on any atom is -0.481 e. The Morgan fingerprint density at radius 1 is 0.524 bits per heavy atom. The normalized spacial score (nSPS) is 16.8. The fraction of sp³-hybridized carbons (Fsp3) is 0.765. The van der Waals surface area contributed by atoms with Crippen molar-refractivity contribution in [3.05, 3.63) is 0 Å². The zero-order valence-corrected chi connectivity index (χ0v) is 48.3. The molecule has 82 heavy (non-hydrogen) atoms. The van der Waals surface area contributed by atoms with Crippen molar-refractivity contribution in [2.75, 3.05) is 44.8 Å². The second-order valence-electron chi connectivity index (χ2n) is 20.6. The molecular formula is C51H91N13O17S. The fourth-order valence-electron chi connectivity index (χ4n) is 8.63. The van der Waals surface area contributed by atoms with Gasteiger partial charge in [0, 0.05) is 19.4 Å². The van der Waals surface area contributed by atoms with Crippen molar-refractivity contribution in [1.82, 2.24) is 47.4 Å². The number of hydrogen-bond acceptors (Lipinski definition) is 19. The van der Waals surface area contributed by atoms with Crippen LogP contribution in [-0.2, 0) is 57.5 Å². The first-order valence-corrected chi connectivity index (χ1v) is 29.2. The Bertz CT molecular complexity index is 2110. The lowest BCUT2D eigenvalue weighted by atomic mass is 10.0. The number of carbonyl (C=O) groups excluding carboxylic acids is 9. The molecule has 30 nitrogen and oxygen atoms in total. The summed E-state index contributed by atoms with van der Waals surface area (Å²) in [7, 11) is 0. The van der Waals surface area contributed by atoms with E-state index in [9.17, 15) is 83.1 Å². The molecule has 0 aromatic rings. The molecule has 1 heterocycles. The van der Waals surface area contributed by atoms with Gasteiger partial charge in [0.25, 0.3) is 0 Å². The fourth-order valence-corrected chi connectivity index (χ4v) is 9.10. The number of unbranched alkanes of at least 4 members (excludes halogenated alkanes) is 3. The molecule has 1 fully saturated rings. The highest BCUT2D eigenvalue weighted by atomic mass is 32.2. The summed E-state index contributed by atoms with van der Waals surface area (Å²) in [6.07, 6.45) is 0.483. The molecule has 21 N–H and O–H groups in total. The van der Waals surface area contributed by atoms with E-state index in [0.29, 0.717) is 25.7 Å².